The Morgan fingerprint density at radius 3 is 2.44 bits per heavy atom. The van der Waals surface area contributed by atoms with Crippen molar-refractivity contribution >= 4 is 34.6 Å². The van der Waals surface area contributed by atoms with Gasteiger partial charge in [-0.1, -0.05) is 37.0 Å². The van der Waals surface area contributed by atoms with E-state index in [4.69, 9.17) is 28.9 Å². The van der Waals surface area contributed by atoms with Gasteiger partial charge in [0.1, 0.15) is 5.69 Å². The van der Waals surface area contributed by atoms with Crippen LogP contribution in [0.4, 0.5) is 11.4 Å². The molecule has 7 heteroatoms. The molecule has 0 saturated carbocycles. The second-order valence-corrected chi connectivity index (χ2v) is 5.14. The Bertz CT molecular complexity index is 452. The SMILES string of the molecule is CC(C)C(N)CNc1cc(Cl)c(Cl)cc1[N+](=O)[O-]. The van der Waals surface area contributed by atoms with Gasteiger partial charge in [-0.3, -0.25) is 10.1 Å². The lowest BCUT2D eigenvalue weighted by Gasteiger charge is -2.17. The molecule has 0 aliphatic heterocycles. The molecule has 1 aromatic rings. The highest BCUT2D eigenvalue weighted by Gasteiger charge is 2.18. The second-order valence-electron chi connectivity index (χ2n) is 4.33. The summed E-state index contributed by atoms with van der Waals surface area (Å²) in [6.07, 6.45) is 0. The maximum absolute atomic E-state index is 10.9. The maximum Gasteiger partial charge on any atom is 0.293 e. The molecule has 0 amide bonds. The molecule has 0 aliphatic rings. The molecule has 3 N–H and O–H groups in total. The molecule has 1 aromatic carbocycles. The van der Waals surface area contributed by atoms with Crippen LogP contribution in [0.25, 0.3) is 0 Å². The first-order chi connectivity index (χ1) is 8.32. The minimum Gasteiger partial charge on any atom is -0.378 e. The number of anilines is 1. The van der Waals surface area contributed by atoms with Crippen molar-refractivity contribution in [1.29, 1.82) is 0 Å². The largest absolute Gasteiger partial charge is 0.378 e. The van der Waals surface area contributed by atoms with Gasteiger partial charge in [-0.05, 0) is 12.0 Å². The molecule has 0 spiro atoms. The summed E-state index contributed by atoms with van der Waals surface area (Å²) >= 11 is 11.6. The topological polar surface area (TPSA) is 81.2 Å². The first-order valence-corrected chi connectivity index (χ1v) is 6.21. The molecule has 0 aliphatic carbocycles. The second kappa shape index (κ2) is 6.22. The molecule has 0 aromatic heterocycles. The fourth-order valence-corrected chi connectivity index (χ4v) is 1.61. The van der Waals surface area contributed by atoms with Crippen molar-refractivity contribution in [1.82, 2.24) is 0 Å². The summed E-state index contributed by atoms with van der Waals surface area (Å²) in [5.41, 5.74) is 6.08. The van der Waals surface area contributed by atoms with Gasteiger partial charge in [-0.15, -0.1) is 0 Å². The van der Waals surface area contributed by atoms with Crippen LogP contribution in [-0.4, -0.2) is 17.5 Å². The highest BCUT2D eigenvalue weighted by atomic mass is 35.5. The maximum atomic E-state index is 10.9. The van der Waals surface area contributed by atoms with Crippen LogP contribution >= 0.6 is 23.2 Å². The van der Waals surface area contributed by atoms with E-state index in [9.17, 15) is 10.1 Å². The Hall–Kier alpha value is -1.04. The number of hydrogen-bond acceptors (Lipinski definition) is 4. The molecular formula is C11H15Cl2N3O2. The first kappa shape index (κ1) is 15.0. The number of nitrogens with zero attached hydrogens (tertiary/aromatic N) is 1. The van der Waals surface area contributed by atoms with Crippen LogP contribution in [0.5, 0.6) is 0 Å². The van der Waals surface area contributed by atoms with Crippen LogP contribution in [0.3, 0.4) is 0 Å². The van der Waals surface area contributed by atoms with Gasteiger partial charge in [0.2, 0.25) is 0 Å². The van der Waals surface area contributed by atoms with Crippen LogP contribution < -0.4 is 11.1 Å². The van der Waals surface area contributed by atoms with E-state index in [1.807, 2.05) is 13.8 Å². The number of nitro groups is 1. The van der Waals surface area contributed by atoms with Gasteiger partial charge in [-0.25, -0.2) is 0 Å². The molecule has 18 heavy (non-hydrogen) atoms. The summed E-state index contributed by atoms with van der Waals surface area (Å²) in [6.45, 7) is 4.39. The third-order valence-electron chi connectivity index (χ3n) is 2.62. The Morgan fingerprint density at radius 2 is 1.94 bits per heavy atom. The van der Waals surface area contributed by atoms with Crippen LogP contribution in [0.15, 0.2) is 12.1 Å². The van der Waals surface area contributed by atoms with Gasteiger partial charge in [0.05, 0.1) is 15.0 Å². The van der Waals surface area contributed by atoms with E-state index in [0.717, 1.165) is 0 Å². The highest BCUT2D eigenvalue weighted by Crippen LogP contribution is 2.33. The molecule has 100 valence electrons. The first-order valence-electron chi connectivity index (χ1n) is 5.45. The molecule has 0 radical (unpaired) electrons. The molecule has 0 heterocycles. The number of nitrogens with two attached hydrogens (primary N) is 1. The molecule has 0 fully saturated rings. The minimum absolute atomic E-state index is 0.0981. The minimum atomic E-state index is -0.508. The lowest BCUT2D eigenvalue weighted by Crippen LogP contribution is -2.34. The molecule has 0 bridgehead atoms. The summed E-state index contributed by atoms with van der Waals surface area (Å²) in [5, 5.41) is 14.3. The van der Waals surface area contributed by atoms with Crippen molar-refractivity contribution in [3.05, 3.63) is 32.3 Å². The molecule has 5 nitrogen and oxygen atoms in total. The molecule has 1 rings (SSSR count). The number of benzene rings is 1. The molecule has 1 unspecified atom stereocenters. The average Bonchev–Trinajstić information content (AvgIpc) is 2.29. The summed E-state index contributed by atoms with van der Waals surface area (Å²) in [4.78, 5) is 10.4. The summed E-state index contributed by atoms with van der Waals surface area (Å²) < 4.78 is 0. The fourth-order valence-electron chi connectivity index (χ4n) is 1.29. The molecular weight excluding hydrogens is 277 g/mol. The fraction of sp³-hybridized carbons (Fsp3) is 0.455. The van der Waals surface area contributed by atoms with Crippen molar-refractivity contribution in [3.63, 3.8) is 0 Å². The predicted molar refractivity (Wildman–Crippen MR) is 74.4 cm³/mol. The summed E-state index contributed by atoms with van der Waals surface area (Å²) in [7, 11) is 0. The molecule has 0 saturated heterocycles. The lowest BCUT2D eigenvalue weighted by atomic mass is 10.1. The van der Waals surface area contributed by atoms with Crippen LogP contribution in [0.1, 0.15) is 13.8 Å². The van der Waals surface area contributed by atoms with Crippen molar-refractivity contribution in [2.75, 3.05) is 11.9 Å². The van der Waals surface area contributed by atoms with Gasteiger partial charge in [0, 0.05) is 18.7 Å². The Labute approximate surface area is 115 Å². The van der Waals surface area contributed by atoms with Gasteiger partial charge in [0.25, 0.3) is 5.69 Å². The van der Waals surface area contributed by atoms with Crippen LogP contribution in [-0.2, 0) is 0 Å². The van der Waals surface area contributed by atoms with Gasteiger partial charge >= 0.3 is 0 Å². The monoisotopic (exact) mass is 291 g/mol. The zero-order valence-electron chi connectivity index (χ0n) is 10.1. The van der Waals surface area contributed by atoms with E-state index in [-0.39, 0.29) is 27.7 Å². The number of hydrogen-bond donors (Lipinski definition) is 2. The van der Waals surface area contributed by atoms with Crippen LogP contribution in [0.2, 0.25) is 10.0 Å². The third-order valence-corrected chi connectivity index (χ3v) is 3.34. The summed E-state index contributed by atoms with van der Waals surface area (Å²) in [6, 6.07) is 2.57. The Kier molecular flexibility index (Phi) is 5.19. The van der Waals surface area contributed by atoms with E-state index in [1.54, 1.807) is 0 Å². The van der Waals surface area contributed by atoms with Crippen molar-refractivity contribution in [3.8, 4) is 0 Å². The lowest BCUT2D eigenvalue weighted by molar-refractivity contribution is -0.383. The Balaban J connectivity index is 2.93. The van der Waals surface area contributed by atoms with Gasteiger partial charge in [0.15, 0.2) is 0 Å². The van der Waals surface area contributed by atoms with Crippen molar-refractivity contribution < 1.29 is 4.92 Å². The predicted octanol–water partition coefficient (Wildman–Crippen LogP) is 3.30. The smallest absolute Gasteiger partial charge is 0.293 e. The number of rotatable bonds is 5. The van der Waals surface area contributed by atoms with Crippen molar-refractivity contribution in [2.24, 2.45) is 11.7 Å². The number of nitro benzene ring substituents is 1. The van der Waals surface area contributed by atoms with Crippen molar-refractivity contribution in [2.45, 2.75) is 19.9 Å². The van der Waals surface area contributed by atoms with Crippen LogP contribution in [0, 0.1) is 16.0 Å². The third kappa shape index (κ3) is 3.73. The number of halogens is 2. The van der Waals surface area contributed by atoms with Gasteiger partial charge < -0.3 is 11.1 Å². The van der Waals surface area contributed by atoms with E-state index in [2.05, 4.69) is 5.32 Å². The normalized spacial score (nSPS) is 12.6. The number of nitrogens with one attached hydrogen (secondary N) is 1. The van der Waals surface area contributed by atoms with E-state index < -0.39 is 4.92 Å². The zero-order chi connectivity index (χ0) is 13.9. The Morgan fingerprint density at radius 1 is 1.39 bits per heavy atom. The zero-order valence-corrected chi connectivity index (χ0v) is 11.6. The molecule has 1 atom stereocenters. The summed E-state index contributed by atoms with van der Waals surface area (Å²) in [5.74, 6) is 0.277. The highest BCUT2D eigenvalue weighted by molar-refractivity contribution is 6.42. The van der Waals surface area contributed by atoms with E-state index in [1.165, 1.54) is 12.1 Å². The average molecular weight is 292 g/mol. The van der Waals surface area contributed by atoms with E-state index >= 15 is 0 Å². The quantitative estimate of drug-likeness (QED) is 0.644. The van der Waals surface area contributed by atoms with E-state index in [0.29, 0.717) is 12.2 Å². The standard InChI is InChI=1S/C11H15Cl2N3O2/c1-6(2)9(14)5-15-10-3-7(12)8(13)4-11(10)16(17)18/h3-4,6,9,15H,5,14H2,1-2H3. The van der Waals surface area contributed by atoms with Gasteiger partial charge in [-0.2, -0.15) is 0 Å².